The number of amides is 3. The van der Waals surface area contributed by atoms with Crippen molar-refractivity contribution in [2.24, 2.45) is 0 Å². The molecule has 4 rings (SSSR count). The second-order valence-electron chi connectivity index (χ2n) is 8.10. The van der Waals surface area contributed by atoms with E-state index < -0.39 is 0 Å². The Morgan fingerprint density at radius 2 is 1.55 bits per heavy atom. The lowest BCUT2D eigenvalue weighted by atomic mass is 10.1. The zero-order chi connectivity index (χ0) is 23.4. The third-order valence-electron chi connectivity index (χ3n) is 5.32. The van der Waals surface area contributed by atoms with Gasteiger partial charge in [0, 0.05) is 55.0 Å². The van der Waals surface area contributed by atoms with Gasteiger partial charge in [-0.25, -0.2) is 0 Å². The zero-order valence-electron chi connectivity index (χ0n) is 18.6. The topological polar surface area (TPSA) is 118 Å². The van der Waals surface area contributed by atoms with E-state index in [4.69, 9.17) is 0 Å². The molecule has 0 spiro atoms. The fourth-order valence-corrected chi connectivity index (χ4v) is 3.95. The lowest BCUT2D eigenvalue weighted by Crippen LogP contribution is -2.15. The Balaban J connectivity index is 1.59. The van der Waals surface area contributed by atoms with Crippen molar-refractivity contribution in [2.45, 2.75) is 46.1 Å². The lowest BCUT2D eigenvalue weighted by molar-refractivity contribution is -0.115. The number of rotatable bonds is 5. The minimum absolute atomic E-state index is 0.276. The average molecular weight is 447 g/mol. The summed E-state index contributed by atoms with van der Waals surface area (Å²) in [6.45, 7) is 3.64. The van der Waals surface area contributed by atoms with Crippen molar-refractivity contribution in [3.63, 3.8) is 0 Å². The van der Waals surface area contributed by atoms with Gasteiger partial charge in [-0.15, -0.1) is 10.2 Å². The second-order valence-corrected chi connectivity index (χ2v) is 8.10. The van der Waals surface area contributed by atoms with Crippen LogP contribution >= 0.6 is 0 Å². The minimum atomic E-state index is -0.369. The third-order valence-corrected chi connectivity index (χ3v) is 5.32. The number of fused-ring (bicyclic) bond motifs is 1. The maximum atomic E-state index is 13.0. The Kier molecular flexibility index (Phi) is 6.48. The molecule has 0 saturated heterocycles. The first-order valence-electron chi connectivity index (χ1n) is 10.9. The molecule has 9 nitrogen and oxygen atoms in total. The van der Waals surface area contributed by atoms with Gasteiger partial charge in [-0.3, -0.25) is 14.4 Å². The Hall–Kier alpha value is -4.01. The van der Waals surface area contributed by atoms with Crippen LogP contribution in [-0.2, 0) is 22.6 Å². The molecule has 1 aromatic heterocycles. The molecule has 2 aromatic carbocycles. The number of benzene rings is 2. The second kappa shape index (κ2) is 9.64. The smallest absolute Gasteiger partial charge is 0.255 e. The molecule has 0 radical (unpaired) electrons. The molecule has 1 aliphatic rings. The first-order valence-corrected chi connectivity index (χ1v) is 10.9. The van der Waals surface area contributed by atoms with E-state index in [0.29, 0.717) is 22.6 Å². The summed E-state index contributed by atoms with van der Waals surface area (Å²) in [6, 6.07) is 12.2. The van der Waals surface area contributed by atoms with Gasteiger partial charge in [-0.05, 0) is 43.2 Å². The molecule has 3 N–H and O–H groups in total. The Morgan fingerprint density at radius 1 is 0.818 bits per heavy atom. The predicted octanol–water partition coefficient (Wildman–Crippen LogP) is 3.84. The van der Waals surface area contributed by atoms with Crippen LogP contribution in [0.25, 0.3) is 11.4 Å². The van der Waals surface area contributed by atoms with Crippen molar-refractivity contribution in [3.05, 3.63) is 53.9 Å². The molecule has 9 heteroatoms. The maximum absolute atomic E-state index is 13.0. The van der Waals surface area contributed by atoms with E-state index in [2.05, 4.69) is 30.7 Å². The Labute approximate surface area is 191 Å². The van der Waals surface area contributed by atoms with Crippen molar-refractivity contribution >= 4 is 34.8 Å². The highest BCUT2D eigenvalue weighted by atomic mass is 16.2. The van der Waals surface area contributed by atoms with Crippen LogP contribution in [0.3, 0.4) is 0 Å². The van der Waals surface area contributed by atoms with Crippen molar-refractivity contribution in [1.29, 1.82) is 0 Å². The van der Waals surface area contributed by atoms with E-state index in [1.807, 2.05) is 18.2 Å². The Bertz CT molecular complexity index is 1180. The van der Waals surface area contributed by atoms with Gasteiger partial charge in [-0.1, -0.05) is 18.6 Å². The molecule has 33 heavy (non-hydrogen) atoms. The molecule has 3 amide bonds. The van der Waals surface area contributed by atoms with Crippen LogP contribution in [0, 0.1) is 0 Å². The molecule has 3 aromatic rings. The highest BCUT2D eigenvalue weighted by Gasteiger charge is 2.17. The zero-order valence-corrected chi connectivity index (χ0v) is 18.6. The molecule has 0 saturated carbocycles. The van der Waals surface area contributed by atoms with E-state index in [9.17, 15) is 14.4 Å². The van der Waals surface area contributed by atoms with Crippen molar-refractivity contribution in [3.8, 4) is 11.4 Å². The molecular weight excluding hydrogens is 420 g/mol. The van der Waals surface area contributed by atoms with Gasteiger partial charge in [0.25, 0.3) is 5.91 Å². The molecule has 1 aliphatic heterocycles. The summed E-state index contributed by atoms with van der Waals surface area (Å²) in [6.07, 6.45) is 4.31. The molecule has 0 fully saturated rings. The van der Waals surface area contributed by atoms with E-state index in [1.54, 1.807) is 24.3 Å². The maximum Gasteiger partial charge on any atom is 0.255 e. The minimum Gasteiger partial charge on any atom is -0.326 e. The SMILES string of the molecule is CC(=O)Nc1cc(NC(C)=O)cc(C(=O)Nc2cccc(-c3nnc4n3CCCCC4)c2)c1. The van der Waals surface area contributed by atoms with Gasteiger partial charge in [0.05, 0.1) is 0 Å². The van der Waals surface area contributed by atoms with Gasteiger partial charge in [0.2, 0.25) is 11.8 Å². The van der Waals surface area contributed by atoms with Crippen molar-refractivity contribution in [1.82, 2.24) is 14.8 Å². The first kappa shape index (κ1) is 22.2. The van der Waals surface area contributed by atoms with Gasteiger partial charge in [0.15, 0.2) is 5.82 Å². The van der Waals surface area contributed by atoms with Crippen LogP contribution in [0.2, 0.25) is 0 Å². The van der Waals surface area contributed by atoms with Crippen LogP contribution < -0.4 is 16.0 Å². The highest BCUT2D eigenvalue weighted by molar-refractivity contribution is 6.07. The molecular formula is C24H26N6O3. The number of hydrogen-bond acceptors (Lipinski definition) is 5. The average Bonchev–Trinajstić information content (AvgIpc) is 3.01. The number of carbonyl (C=O) groups excluding carboxylic acids is 3. The molecule has 0 bridgehead atoms. The van der Waals surface area contributed by atoms with Gasteiger partial charge in [0.1, 0.15) is 5.82 Å². The highest BCUT2D eigenvalue weighted by Crippen LogP contribution is 2.26. The van der Waals surface area contributed by atoms with Crippen LogP contribution in [0.15, 0.2) is 42.5 Å². The number of nitrogens with zero attached hydrogens (tertiary/aromatic N) is 3. The summed E-state index contributed by atoms with van der Waals surface area (Å²) in [5, 5.41) is 16.9. The quantitative estimate of drug-likeness (QED) is 0.550. The van der Waals surface area contributed by atoms with Crippen LogP contribution in [-0.4, -0.2) is 32.5 Å². The summed E-state index contributed by atoms with van der Waals surface area (Å²) < 4.78 is 2.16. The van der Waals surface area contributed by atoms with E-state index in [1.165, 1.54) is 20.3 Å². The van der Waals surface area contributed by atoms with E-state index in [0.717, 1.165) is 43.0 Å². The monoisotopic (exact) mass is 446 g/mol. The standard InChI is InChI=1S/C24H26N6O3/c1-15(31)25-20-12-18(13-21(14-20)26-16(2)32)24(33)27-19-8-6-7-17(11-19)23-29-28-22-9-4-3-5-10-30(22)23/h6-8,11-14H,3-5,9-10H2,1-2H3,(H,25,31)(H,26,32)(H,27,33). The van der Waals surface area contributed by atoms with Crippen molar-refractivity contribution in [2.75, 3.05) is 16.0 Å². The number of aryl methyl sites for hydroxylation is 1. The number of aromatic nitrogens is 3. The molecule has 2 heterocycles. The van der Waals surface area contributed by atoms with Gasteiger partial charge in [-0.2, -0.15) is 0 Å². The predicted molar refractivity (Wildman–Crippen MR) is 126 cm³/mol. The lowest BCUT2D eigenvalue weighted by Gasteiger charge is -2.12. The number of hydrogen-bond donors (Lipinski definition) is 3. The number of anilines is 3. The summed E-state index contributed by atoms with van der Waals surface area (Å²) in [5.41, 5.74) is 2.61. The summed E-state index contributed by atoms with van der Waals surface area (Å²) in [4.78, 5) is 36.0. The Morgan fingerprint density at radius 3 is 2.24 bits per heavy atom. The summed E-state index contributed by atoms with van der Waals surface area (Å²) in [7, 11) is 0. The van der Waals surface area contributed by atoms with Crippen LogP contribution in [0.4, 0.5) is 17.1 Å². The van der Waals surface area contributed by atoms with Gasteiger partial charge < -0.3 is 20.5 Å². The molecule has 0 aliphatic carbocycles. The number of carbonyl (C=O) groups is 3. The van der Waals surface area contributed by atoms with E-state index in [-0.39, 0.29) is 17.7 Å². The largest absolute Gasteiger partial charge is 0.326 e. The summed E-state index contributed by atoms with van der Waals surface area (Å²) >= 11 is 0. The fraction of sp³-hybridized carbons (Fsp3) is 0.292. The first-order chi connectivity index (χ1) is 15.9. The summed E-state index contributed by atoms with van der Waals surface area (Å²) in [5.74, 6) is 0.870. The number of nitrogens with one attached hydrogen (secondary N) is 3. The third kappa shape index (κ3) is 5.43. The van der Waals surface area contributed by atoms with Crippen molar-refractivity contribution < 1.29 is 14.4 Å². The molecule has 170 valence electrons. The molecule has 0 unspecified atom stereocenters. The van der Waals surface area contributed by atoms with Crippen LogP contribution in [0.5, 0.6) is 0 Å². The molecule has 0 atom stereocenters. The van der Waals surface area contributed by atoms with Gasteiger partial charge >= 0.3 is 0 Å². The fourth-order valence-electron chi connectivity index (χ4n) is 3.95. The van der Waals surface area contributed by atoms with E-state index >= 15 is 0 Å². The normalized spacial score (nSPS) is 12.9. The van der Waals surface area contributed by atoms with Crippen LogP contribution in [0.1, 0.15) is 49.3 Å².